The van der Waals surface area contributed by atoms with E-state index in [-0.39, 0.29) is 11.6 Å². The lowest BCUT2D eigenvalue weighted by molar-refractivity contribution is 0.0946. The number of aromatic amines is 1. The van der Waals surface area contributed by atoms with Crippen LogP contribution >= 0.6 is 11.6 Å². The Bertz CT molecular complexity index is 1100. The second-order valence-electron chi connectivity index (χ2n) is 6.55. The fourth-order valence-corrected chi connectivity index (χ4v) is 3.19. The average molecular weight is 395 g/mol. The van der Waals surface area contributed by atoms with Crippen LogP contribution in [0, 0.1) is 0 Å². The van der Waals surface area contributed by atoms with Crippen molar-refractivity contribution in [2.75, 3.05) is 0 Å². The fraction of sp³-hybridized carbons (Fsp3) is 0.143. The van der Waals surface area contributed by atoms with E-state index in [1.807, 2.05) is 42.6 Å². The maximum atomic E-state index is 12.3. The molecule has 2 heterocycles. The predicted octanol–water partition coefficient (Wildman–Crippen LogP) is 3.98. The van der Waals surface area contributed by atoms with Crippen LogP contribution in [0.15, 0.2) is 65.4 Å². The molecule has 0 aliphatic carbocycles. The van der Waals surface area contributed by atoms with E-state index in [4.69, 9.17) is 21.8 Å². The number of halogens is 1. The number of aromatic nitrogens is 2. The number of fused-ring (bicyclic) bond motifs is 1. The van der Waals surface area contributed by atoms with Crippen molar-refractivity contribution >= 4 is 28.4 Å². The summed E-state index contributed by atoms with van der Waals surface area (Å²) in [6, 6.07) is 14.8. The van der Waals surface area contributed by atoms with E-state index in [2.05, 4.69) is 15.3 Å². The number of carbonyl (C=O) groups is 1. The van der Waals surface area contributed by atoms with E-state index in [1.165, 1.54) is 6.26 Å². The lowest BCUT2D eigenvalue weighted by Crippen LogP contribution is -2.23. The molecule has 6 nitrogen and oxygen atoms in total. The van der Waals surface area contributed by atoms with Crippen molar-refractivity contribution < 1.29 is 9.21 Å². The second-order valence-corrected chi connectivity index (χ2v) is 6.99. The number of H-pyrrole nitrogens is 1. The molecule has 0 radical (unpaired) electrons. The Hall–Kier alpha value is -3.09. The molecule has 0 fully saturated rings. The van der Waals surface area contributed by atoms with Crippen LogP contribution in [0.25, 0.3) is 10.9 Å². The van der Waals surface area contributed by atoms with Crippen molar-refractivity contribution in [3.05, 3.63) is 88.7 Å². The van der Waals surface area contributed by atoms with Gasteiger partial charge in [-0.05, 0) is 35.7 Å². The van der Waals surface area contributed by atoms with E-state index in [0.717, 1.165) is 22.0 Å². The topological polar surface area (TPSA) is 96.9 Å². The lowest BCUT2D eigenvalue weighted by atomic mass is 10.1. The monoisotopic (exact) mass is 394 g/mol. The molecule has 2 aromatic carbocycles. The highest BCUT2D eigenvalue weighted by Crippen LogP contribution is 2.23. The van der Waals surface area contributed by atoms with Gasteiger partial charge >= 0.3 is 0 Å². The molecule has 1 amide bonds. The number of nitrogens with zero attached hydrogens (tertiary/aromatic N) is 1. The number of hydrogen-bond donors (Lipinski definition) is 3. The van der Waals surface area contributed by atoms with Crippen LogP contribution in [0.4, 0.5) is 0 Å². The second kappa shape index (κ2) is 7.88. The molecule has 7 heteroatoms. The Morgan fingerprint density at radius 3 is 2.82 bits per heavy atom. The molecule has 0 saturated heterocycles. The summed E-state index contributed by atoms with van der Waals surface area (Å²) < 4.78 is 5.45. The Labute approximate surface area is 166 Å². The number of nitrogens with two attached hydrogens (primary N) is 1. The van der Waals surface area contributed by atoms with Crippen molar-refractivity contribution in [1.29, 1.82) is 0 Å². The van der Waals surface area contributed by atoms with Crippen molar-refractivity contribution in [3.8, 4) is 0 Å². The van der Waals surface area contributed by atoms with Gasteiger partial charge in [0.1, 0.15) is 6.26 Å². The van der Waals surface area contributed by atoms with Crippen LogP contribution in [-0.4, -0.2) is 15.9 Å². The zero-order valence-corrected chi connectivity index (χ0v) is 15.7. The van der Waals surface area contributed by atoms with Crippen molar-refractivity contribution in [2.45, 2.75) is 19.0 Å². The van der Waals surface area contributed by atoms with Gasteiger partial charge in [0.25, 0.3) is 5.91 Å². The normalized spacial score (nSPS) is 12.2. The molecule has 142 valence electrons. The number of rotatable bonds is 6. The summed E-state index contributed by atoms with van der Waals surface area (Å²) >= 11 is 5.86. The molecule has 0 aliphatic heterocycles. The molecule has 0 aliphatic rings. The molecular weight excluding hydrogens is 376 g/mol. The maximum Gasteiger partial charge on any atom is 0.273 e. The summed E-state index contributed by atoms with van der Waals surface area (Å²) in [5.41, 5.74) is 9.54. The predicted molar refractivity (Wildman–Crippen MR) is 108 cm³/mol. The van der Waals surface area contributed by atoms with E-state index in [9.17, 15) is 4.79 Å². The number of nitrogens with one attached hydrogen (secondary N) is 2. The zero-order valence-electron chi connectivity index (χ0n) is 15.0. The van der Waals surface area contributed by atoms with Gasteiger partial charge in [0, 0.05) is 28.7 Å². The van der Waals surface area contributed by atoms with Gasteiger partial charge in [-0.3, -0.25) is 4.79 Å². The molecule has 1 unspecified atom stereocenters. The summed E-state index contributed by atoms with van der Waals surface area (Å²) in [6.07, 6.45) is 3.82. The Balaban J connectivity index is 1.40. The summed E-state index contributed by atoms with van der Waals surface area (Å²) in [5.74, 6) is 0.0196. The summed E-state index contributed by atoms with van der Waals surface area (Å²) in [4.78, 5) is 19.8. The van der Waals surface area contributed by atoms with Crippen LogP contribution in [0.1, 0.15) is 33.5 Å². The first-order valence-corrected chi connectivity index (χ1v) is 9.26. The van der Waals surface area contributed by atoms with Crippen molar-refractivity contribution in [2.24, 2.45) is 5.73 Å². The third-order valence-corrected chi connectivity index (χ3v) is 4.80. The SMILES string of the molecule is NC(Cc1c[nH]c2ccccc12)c1nc(C(=O)NCc2ccc(Cl)cc2)co1. The first kappa shape index (κ1) is 18.3. The van der Waals surface area contributed by atoms with E-state index in [0.29, 0.717) is 23.9 Å². The van der Waals surface area contributed by atoms with Crippen LogP contribution in [-0.2, 0) is 13.0 Å². The van der Waals surface area contributed by atoms with Gasteiger partial charge in [0.2, 0.25) is 5.89 Å². The van der Waals surface area contributed by atoms with Gasteiger partial charge in [0.05, 0.1) is 6.04 Å². The van der Waals surface area contributed by atoms with Gasteiger partial charge < -0.3 is 20.5 Å². The minimum Gasteiger partial charge on any atom is -0.446 e. The third kappa shape index (κ3) is 3.93. The van der Waals surface area contributed by atoms with Gasteiger partial charge in [-0.2, -0.15) is 0 Å². The average Bonchev–Trinajstić information content (AvgIpc) is 3.35. The Morgan fingerprint density at radius 1 is 1.21 bits per heavy atom. The van der Waals surface area contributed by atoms with Gasteiger partial charge in [-0.25, -0.2) is 4.98 Å². The third-order valence-electron chi connectivity index (χ3n) is 4.55. The number of amides is 1. The van der Waals surface area contributed by atoms with Crippen LogP contribution in [0.5, 0.6) is 0 Å². The van der Waals surface area contributed by atoms with Crippen molar-refractivity contribution in [1.82, 2.24) is 15.3 Å². The van der Waals surface area contributed by atoms with Crippen molar-refractivity contribution in [3.63, 3.8) is 0 Å². The highest BCUT2D eigenvalue weighted by Gasteiger charge is 2.18. The standard InChI is InChI=1S/C21H19ClN4O2/c22-15-7-5-13(6-8-15)10-25-20(27)19-12-28-21(26-19)17(23)9-14-11-24-18-4-2-1-3-16(14)18/h1-8,11-12,17,24H,9-10,23H2,(H,25,27). The molecule has 2 aromatic heterocycles. The van der Waals surface area contributed by atoms with Gasteiger partial charge in [0.15, 0.2) is 5.69 Å². The first-order valence-electron chi connectivity index (χ1n) is 8.89. The van der Waals surface area contributed by atoms with Crippen LogP contribution in [0.3, 0.4) is 0 Å². The number of carbonyl (C=O) groups excluding carboxylic acids is 1. The molecule has 4 N–H and O–H groups in total. The summed E-state index contributed by atoms with van der Waals surface area (Å²) in [6.45, 7) is 0.375. The minimum absolute atomic E-state index is 0.207. The number of benzene rings is 2. The molecule has 0 bridgehead atoms. The Morgan fingerprint density at radius 2 is 2.00 bits per heavy atom. The number of hydrogen-bond acceptors (Lipinski definition) is 4. The minimum atomic E-state index is -0.447. The number of oxazole rings is 1. The highest BCUT2D eigenvalue weighted by atomic mass is 35.5. The Kier molecular flexibility index (Phi) is 5.14. The fourth-order valence-electron chi connectivity index (χ4n) is 3.06. The van der Waals surface area contributed by atoms with Gasteiger partial charge in [-0.15, -0.1) is 0 Å². The number of para-hydroxylation sites is 1. The van der Waals surface area contributed by atoms with E-state index in [1.54, 1.807) is 12.1 Å². The van der Waals surface area contributed by atoms with E-state index >= 15 is 0 Å². The van der Waals surface area contributed by atoms with E-state index < -0.39 is 6.04 Å². The molecule has 4 rings (SSSR count). The molecule has 0 spiro atoms. The largest absolute Gasteiger partial charge is 0.446 e. The lowest BCUT2D eigenvalue weighted by Gasteiger charge is -2.06. The molecule has 28 heavy (non-hydrogen) atoms. The van der Waals surface area contributed by atoms with Gasteiger partial charge in [-0.1, -0.05) is 41.9 Å². The molecule has 1 atom stereocenters. The zero-order chi connectivity index (χ0) is 19.5. The highest BCUT2D eigenvalue weighted by molar-refractivity contribution is 6.30. The molecule has 0 saturated carbocycles. The smallest absolute Gasteiger partial charge is 0.273 e. The maximum absolute atomic E-state index is 12.3. The molecular formula is C21H19ClN4O2. The first-order chi connectivity index (χ1) is 13.6. The van der Waals surface area contributed by atoms with Crippen LogP contribution in [0.2, 0.25) is 5.02 Å². The quantitative estimate of drug-likeness (QED) is 0.460. The molecule has 4 aromatic rings. The van der Waals surface area contributed by atoms with Crippen LogP contribution < -0.4 is 11.1 Å². The summed E-state index contributed by atoms with van der Waals surface area (Å²) in [5, 5.41) is 4.58. The summed E-state index contributed by atoms with van der Waals surface area (Å²) in [7, 11) is 0.